The number of nitrogens with one attached hydrogen (secondary N) is 2. The summed E-state index contributed by atoms with van der Waals surface area (Å²) in [6.07, 6.45) is 6.67. The minimum absolute atomic E-state index is 0.0381. The van der Waals surface area contributed by atoms with Crippen LogP contribution in [0.3, 0.4) is 0 Å². The Morgan fingerprint density at radius 2 is 1.81 bits per heavy atom. The van der Waals surface area contributed by atoms with E-state index in [-0.39, 0.29) is 5.91 Å². The van der Waals surface area contributed by atoms with Crippen molar-refractivity contribution < 1.29 is 4.79 Å². The maximum Gasteiger partial charge on any atom is 0.238 e. The summed E-state index contributed by atoms with van der Waals surface area (Å²) in [5.74, 6) is 1.81. The lowest BCUT2D eigenvalue weighted by Gasteiger charge is -2.26. The first-order valence-corrected chi connectivity index (χ1v) is 8.20. The van der Waals surface area contributed by atoms with Gasteiger partial charge in [0.25, 0.3) is 0 Å². The zero-order chi connectivity index (χ0) is 15.1. The molecule has 0 atom stereocenters. The number of benzene rings is 1. The van der Waals surface area contributed by atoms with Gasteiger partial charge in [0.2, 0.25) is 5.91 Å². The largest absolute Gasteiger partial charge is 0.325 e. The van der Waals surface area contributed by atoms with E-state index in [4.69, 9.17) is 0 Å². The topological polar surface area (TPSA) is 41.1 Å². The number of carbonyl (C=O) groups excluding carboxylic acids is 1. The summed E-state index contributed by atoms with van der Waals surface area (Å²) >= 11 is 0. The summed E-state index contributed by atoms with van der Waals surface area (Å²) in [6, 6.07) is 7.90. The third kappa shape index (κ3) is 5.88. The molecule has 0 aliphatic heterocycles. The highest BCUT2D eigenvalue weighted by molar-refractivity contribution is 5.92. The molecule has 0 radical (unpaired) electrons. The van der Waals surface area contributed by atoms with E-state index in [9.17, 15) is 4.79 Å². The van der Waals surface area contributed by atoms with Crippen LogP contribution in [0.5, 0.6) is 0 Å². The van der Waals surface area contributed by atoms with Crippen molar-refractivity contribution in [2.75, 3.05) is 18.4 Å². The van der Waals surface area contributed by atoms with Gasteiger partial charge in [0.15, 0.2) is 0 Å². The van der Waals surface area contributed by atoms with E-state index in [0.29, 0.717) is 6.54 Å². The SMILES string of the molecule is Cc1ccc(NC(=O)CNCCC2CCC(C)CC2)cc1. The number of carbonyl (C=O) groups is 1. The van der Waals surface area contributed by atoms with Crippen LogP contribution in [0.2, 0.25) is 0 Å². The fraction of sp³-hybridized carbons (Fsp3) is 0.611. The van der Waals surface area contributed by atoms with Crippen molar-refractivity contribution in [2.24, 2.45) is 11.8 Å². The van der Waals surface area contributed by atoms with E-state index >= 15 is 0 Å². The zero-order valence-corrected chi connectivity index (χ0v) is 13.3. The molecule has 1 fully saturated rings. The molecule has 0 saturated heterocycles. The van der Waals surface area contributed by atoms with Crippen molar-refractivity contribution in [1.82, 2.24) is 5.32 Å². The van der Waals surface area contributed by atoms with Crippen molar-refractivity contribution in [2.45, 2.75) is 46.0 Å². The number of amides is 1. The fourth-order valence-electron chi connectivity index (χ4n) is 2.97. The Morgan fingerprint density at radius 3 is 2.48 bits per heavy atom. The number of anilines is 1. The van der Waals surface area contributed by atoms with Gasteiger partial charge >= 0.3 is 0 Å². The molecule has 2 rings (SSSR count). The summed E-state index contributed by atoms with van der Waals surface area (Å²) in [6.45, 7) is 5.74. The van der Waals surface area contributed by atoms with E-state index < -0.39 is 0 Å². The molecule has 1 aliphatic rings. The van der Waals surface area contributed by atoms with Gasteiger partial charge in [-0.15, -0.1) is 0 Å². The van der Waals surface area contributed by atoms with Crippen LogP contribution in [0.15, 0.2) is 24.3 Å². The molecular formula is C18H28N2O. The quantitative estimate of drug-likeness (QED) is 0.783. The average molecular weight is 288 g/mol. The van der Waals surface area contributed by atoms with Gasteiger partial charge < -0.3 is 10.6 Å². The number of hydrogen-bond acceptors (Lipinski definition) is 2. The predicted octanol–water partition coefficient (Wildman–Crippen LogP) is 3.74. The normalized spacial score (nSPS) is 22.0. The lowest BCUT2D eigenvalue weighted by atomic mass is 9.81. The zero-order valence-electron chi connectivity index (χ0n) is 13.3. The first-order valence-electron chi connectivity index (χ1n) is 8.20. The number of rotatable bonds is 6. The highest BCUT2D eigenvalue weighted by atomic mass is 16.1. The number of aryl methyl sites for hydroxylation is 1. The fourth-order valence-corrected chi connectivity index (χ4v) is 2.97. The van der Waals surface area contributed by atoms with Gasteiger partial charge in [-0.3, -0.25) is 4.79 Å². The molecule has 116 valence electrons. The van der Waals surface area contributed by atoms with Crippen LogP contribution in [-0.4, -0.2) is 19.0 Å². The van der Waals surface area contributed by atoms with Crippen molar-refractivity contribution in [3.05, 3.63) is 29.8 Å². The van der Waals surface area contributed by atoms with E-state index in [1.165, 1.54) is 37.7 Å². The summed E-state index contributed by atoms with van der Waals surface area (Å²) in [4.78, 5) is 11.8. The molecule has 1 saturated carbocycles. The van der Waals surface area contributed by atoms with E-state index in [2.05, 4.69) is 17.6 Å². The van der Waals surface area contributed by atoms with Crippen LogP contribution >= 0.6 is 0 Å². The minimum Gasteiger partial charge on any atom is -0.325 e. The lowest BCUT2D eigenvalue weighted by Crippen LogP contribution is -2.30. The monoisotopic (exact) mass is 288 g/mol. The molecule has 0 aromatic heterocycles. The molecule has 0 spiro atoms. The molecular weight excluding hydrogens is 260 g/mol. The molecule has 21 heavy (non-hydrogen) atoms. The summed E-state index contributed by atoms with van der Waals surface area (Å²) in [5, 5.41) is 6.18. The minimum atomic E-state index is 0.0381. The smallest absolute Gasteiger partial charge is 0.238 e. The van der Waals surface area contributed by atoms with Gasteiger partial charge in [0.05, 0.1) is 6.54 Å². The molecule has 2 N–H and O–H groups in total. The van der Waals surface area contributed by atoms with Crippen LogP contribution in [0, 0.1) is 18.8 Å². The Balaban J connectivity index is 1.58. The molecule has 1 aromatic rings. The van der Waals surface area contributed by atoms with E-state index in [0.717, 1.165) is 24.1 Å². The molecule has 0 bridgehead atoms. The third-order valence-electron chi connectivity index (χ3n) is 4.49. The van der Waals surface area contributed by atoms with Crippen LogP contribution < -0.4 is 10.6 Å². The van der Waals surface area contributed by atoms with Gasteiger partial charge in [0.1, 0.15) is 0 Å². The predicted molar refractivity (Wildman–Crippen MR) is 88.4 cm³/mol. The van der Waals surface area contributed by atoms with E-state index in [1.807, 2.05) is 31.2 Å². The first-order chi connectivity index (χ1) is 10.1. The Bertz CT molecular complexity index is 433. The van der Waals surface area contributed by atoms with Crippen LogP contribution in [-0.2, 0) is 4.79 Å². The molecule has 0 unspecified atom stereocenters. The van der Waals surface area contributed by atoms with Crippen molar-refractivity contribution in [3.8, 4) is 0 Å². The highest BCUT2D eigenvalue weighted by Gasteiger charge is 2.17. The summed E-state index contributed by atoms with van der Waals surface area (Å²) in [7, 11) is 0. The lowest BCUT2D eigenvalue weighted by molar-refractivity contribution is -0.115. The first kappa shape index (κ1) is 16.0. The summed E-state index contributed by atoms with van der Waals surface area (Å²) < 4.78 is 0. The standard InChI is InChI=1S/C18H28N2O/c1-14-3-7-16(8-4-14)11-12-19-13-18(21)20-17-9-5-15(2)6-10-17/h5-6,9-10,14,16,19H,3-4,7-8,11-13H2,1-2H3,(H,20,21). The Hall–Kier alpha value is -1.35. The maximum atomic E-state index is 11.8. The third-order valence-corrected chi connectivity index (χ3v) is 4.49. The molecule has 0 heterocycles. The maximum absolute atomic E-state index is 11.8. The average Bonchev–Trinajstić information content (AvgIpc) is 2.48. The second-order valence-corrected chi connectivity index (χ2v) is 6.51. The molecule has 3 nitrogen and oxygen atoms in total. The van der Waals surface area contributed by atoms with Gasteiger partial charge in [-0.05, 0) is 43.9 Å². The van der Waals surface area contributed by atoms with Crippen molar-refractivity contribution in [1.29, 1.82) is 0 Å². The Labute approximate surface area is 128 Å². The van der Waals surface area contributed by atoms with Crippen LogP contribution in [0.25, 0.3) is 0 Å². The van der Waals surface area contributed by atoms with E-state index in [1.54, 1.807) is 0 Å². The Morgan fingerprint density at radius 1 is 1.14 bits per heavy atom. The van der Waals surface area contributed by atoms with Gasteiger partial charge in [-0.2, -0.15) is 0 Å². The second-order valence-electron chi connectivity index (χ2n) is 6.51. The van der Waals surface area contributed by atoms with Crippen molar-refractivity contribution in [3.63, 3.8) is 0 Å². The molecule has 1 aliphatic carbocycles. The van der Waals surface area contributed by atoms with Crippen LogP contribution in [0.4, 0.5) is 5.69 Å². The van der Waals surface area contributed by atoms with Crippen LogP contribution in [0.1, 0.15) is 44.6 Å². The van der Waals surface area contributed by atoms with Gasteiger partial charge in [0, 0.05) is 5.69 Å². The Kier molecular flexibility index (Phi) is 6.24. The van der Waals surface area contributed by atoms with Crippen molar-refractivity contribution >= 4 is 11.6 Å². The van der Waals surface area contributed by atoms with Gasteiger partial charge in [-0.25, -0.2) is 0 Å². The molecule has 3 heteroatoms. The molecule has 1 amide bonds. The second kappa shape index (κ2) is 8.18. The summed E-state index contributed by atoms with van der Waals surface area (Å²) in [5.41, 5.74) is 2.07. The number of hydrogen-bond donors (Lipinski definition) is 2. The molecule has 1 aromatic carbocycles. The highest BCUT2D eigenvalue weighted by Crippen LogP contribution is 2.29. The van der Waals surface area contributed by atoms with Gasteiger partial charge in [-0.1, -0.05) is 50.3 Å².